The van der Waals surface area contributed by atoms with E-state index in [4.69, 9.17) is 4.74 Å². The predicted octanol–water partition coefficient (Wildman–Crippen LogP) is 4.85. The Labute approximate surface area is 137 Å². The molecular formula is C21H20O2. The van der Waals surface area contributed by atoms with Gasteiger partial charge < -0.3 is 4.74 Å². The molecule has 0 radical (unpaired) electrons. The van der Waals surface area contributed by atoms with Crippen molar-refractivity contribution in [3.63, 3.8) is 0 Å². The van der Waals surface area contributed by atoms with Crippen LogP contribution in [0.15, 0.2) is 66.8 Å². The summed E-state index contributed by atoms with van der Waals surface area (Å²) in [4.78, 5) is 12.7. The first-order valence-corrected chi connectivity index (χ1v) is 7.95. The summed E-state index contributed by atoms with van der Waals surface area (Å²) >= 11 is 0. The molecule has 23 heavy (non-hydrogen) atoms. The SMILES string of the molecule is C=CCOc1ccc(/C=C2\CCCc3ccccc3C2=O)cc1. The molecule has 0 heterocycles. The van der Waals surface area contributed by atoms with Gasteiger partial charge in [-0.1, -0.05) is 49.1 Å². The fourth-order valence-corrected chi connectivity index (χ4v) is 2.87. The number of carbonyl (C=O) groups is 1. The molecule has 0 aliphatic heterocycles. The van der Waals surface area contributed by atoms with E-state index in [1.165, 1.54) is 0 Å². The summed E-state index contributed by atoms with van der Waals surface area (Å²) in [6.07, 6.45) is 6.52. The minimum Gasteiger partial charge on any atom is -0.490 e. The van der Waals surface area contributed by atoms with Gasteiger partial charge in [0, 0.05) is 11.1 Å². The van der Waals surface area contributed by atoms with Crippen LogP contribution in [0.3, 0.4) is 0 Å². The molecule has 0 aromatic heterocycles. The lowest BCUT2D eigenvalue weighted by atomic mass is 9.98. The van der Waals surface area contributed by atoms with Gasteiger partial charge in [0.25, 0.3) is 0 Å². The lowest BCUT2D eigenvalue weighted by Gasteiger charge is -2.06. The fourth-order valence-electron chi connectivity index (χ4n) is 2.87. The van der Waals surface area contributed by atoms with Crippen LogP contribution in [0.25, 0.3) is 6.08 Å². The van der Waals surface area contributed by atoms with Gasteiger partial charge in [-0.15, -0.1) is 0 Å². The van der Waals surface area contributed by atoms with Crippen LogP contribution in [-0.4, -0.2) is 12.4 Å². The van der Waals surface area contributed by atoms with Crippen molar-refractivity contribution in [1.29, 1.82) is 0 Å². The van der Waals surface area contributed by atoms with Gasteiger partial charge in [0.2, 0.25) is 0 Å². The molecule has 0 N–H and O–H groups in total. The van der Waals surface area contributed by atoms with Crippen LogP contribution < -0.4 is 4.74 Å². The molecule has 2 heteroatoms. The van der Waals surface area contributed by atoms with Crippen molar-refractivity contribution in [3.05, 3.63) is 83.4 Å². The number of benzene rings is 2. The Morgan fingerprint density at radius 2 is 1.83 bits per heavy atom. The minimum absolute atomic E-state index is 0.157. The molecule has 0 saturated carbocycles. The zero-order valence-electron chi connectivity index (χ0n) is 13.1. The Hall–Kier alpha value is -2.61. The van der Waals surface area contributed by atoms with Gasteiger partial charge in [-0.2, -0.15) is 0 Å². The third-order valence-electron chi connectivity index (χ3n) is 4.03. The number of rotatable bonds is 4. The molecule has 2 aromatic carbocycles. The van der Waals surface area contributed by atoms with Crippen LogP contribution in [0.1, 0.15) is 34.3 Å². The maximum Gasteiger partial charge on any atom is 0.189 e. The first-order chi connectivity index (χ1) is 11.3. The molecule has 1 aliphatic rings. The summed E-state index contributed by atoms with van der Waals surface area (Å²) in [6.45, 7) is 4.13. The third-order valence-corrected chi connectivity index (χ3v) is 4.03. The maximum absolute atomic E-state index is 12.7. The number of Topliss-reactive ketones (excluding diaryl/α,β-unsaturated/α-hetero) is 1. The molecule has 0 bridgehead atoms. The maximum atomic E-state index is 12.7. The topological polar surface area (TPSA) is 26.3 Å². The first kappa shape index (κ1) is 15.3. The van der Waals surface area contributed by atoms with Crippen molar-refractivity contribution in [3.8, 4) is 5.75 Å². The number of hydrogen-bond acceptors (Lipinski definition) is 2. The van der Waals surface area contributed by atoms with Crippen LogP contribution in [0, 0.1) is 0 Å². The number of allylic oxidation sites excluding steroid dienone is 1. The number of hydrogen-bond donors (Lipinski definition) is 0. The molecule has 0 spiro atoms. The standard InChI is InChI=1S/C21H20O2/c1-2-14-23-19-12-10-16(11-13-19)15-18-8-5-7-17-6-3-4-9-20(17)21(18)22/h2-4,6,9-13,15H,1,5,7-8,14H2/b18-15+. The fraction of sp³-hybridized carbons (Fsp3) is 0.190. The van der Waals surface area contributed by atoms with Crippen molar-refractivity contribution >= 4 is 11.9 Å². The van der Waals surface area contributed by atoms with E-state index >= 15 is 0 Å². The van der Waals surface area contributed by atoms with Crippen molar-refractivity contribution in [2.45, 2.75) is 19.3 Å². The predicted molar refractivity (Wildman–Crippen MR) is 93.8 cm³/mol. The van der Waals surface area contributed by atoms with Crippen LogP contribution in [0.4, 0.5) is 0 Å². The average Bonchev–Trinajstić information content (AvgIpc) is 2.74. The van der Waals surface area contributed by atoms with Gasteiger partial charge >= 0.3 is 0 Å². The highest BCUT2D eigenvalue weighted by Crippen LogP contribution is 2.26. The quantitative estimate of drug-likeness (QED) is 0.458. The number of aryl methyl sites for hydroxylation is 1. The highest BCUT2D eigenvalue weighted by atomic mass is 16.5. The van der Waals surface area contributed by atoms with E-state index in [9.17, 15) is 4.79 Å². The second kappa shape index (κ2) is 7.10. The Morgan fingerprint density at radius 1 is 1.04 bits per heavy atom. The normalized spacial score (nSPS) is 15.8. The second-order valence-corrected chi connectivity index (χ2v) is 5.68. The molecule has 2 aromatic rings. The zero-order chi connectivity index (χ0) is 16.1. The zero-order valence-corrected chi connectivity index (χ0v) is 13.1. The van der Waals surface area contributed by atoms with Crippen molar-refractivity contribution < 1.29 is 9.53 Å². The largest absolute Gasteiger partial charge is 0.490 e. The Morgan fingerprint density at radius 3 is 2.61 bits per heavy atom. The Bertz CT molecular complexity index is 739. The molecule has 0 atom stereocenters. The Balaban J connectivity index is 1.84. The molecular weight excluding hydrogens is 284 g/mol. The summed E-state index contributed by atoms with van der Waals surface area (Å²) in [7, 11) is 0. The van der Waals surface area contributed by atoms with E-state index in [1.807, 2.05) is 48.5 Å². The lowest BCUT2D eigenvalue weighted by Crippen LogP contribution is -2.03. The molecule has 0 saturated heterocycles. The number of fused-ring (bicyclic) bond motifs is 1. The van der Waals surface area contributed by atoms with Crippen molar-refractivity contribution in [2.75, 3.05) is 6.61 Å². The van der Waals surface area contributed by atoms with Gasteiger partial charge in [0.1, 0.15) is 12.4 Å². The third kappa shape index (κ3) is 3.59. The molecule has 2 nitrogen and oxygen atoms in total. The van der Waals surface area contributed by atoms with Gasteiger partial charge in [0.15, 0.2) is 5.78 Å². The van der Waals surface area contributed by atoms with Gasteiger partial charge in [-0.25, -0.2) is 0 Å². The lowest BCUT2D eigenvalue weighted by molar-refractivity contribution is 0.103. The summed E-state index contributed by atoms with van der Waals surface area (Å²) < 4.78 is 5.48. The van der Waals surface area contributed by atoms with Crippen LogP contribution in [0.5, 0.6) is 5.75 Å². The highest BCUT2D eigenvalue weighted by molar-refractivity contribution is 6.12. The van der Waals surface area contributed by atoms with Crippen LogP contribution >= 0.6 is 0 Å². The number of ketones is 1. The first-order valence-electron chi connectivity index (χ1n) is 7.95. The monoisotopic (exact) mass is 304 g/mol. The van der Waals surface area contributed by atoms with Gasteiger partial charge in [-0.05, 0) is 48.6 Å². The second-order valence-electron chi connectivity index (χ2n) is 5.68. The summed E-state index contributed by atoms with van der Waals surface area (Å²) in [6, 6.07) is 15.7. The Kier molecular flexibility index (Phi) is 4.72. The van der Waals surface area contributed by atoms with Gasteiger partial charge in [-0.3, -0.25) is 4.79 Å². The summed E-state index contributed by atoms with van der Waals surface area (Å²) in [5.74, 6) is 0.967. The van der Waals surface area contributed by atoms with E-state index in [0.29, 0.717) is 6.61 Å². The van der Waals surface area contributed by atoms with E-state index < -0.39 is 0 Å². The summed E-state index contributed by atoms with van der Waals surface area (Å²) in [5, 5.41) is 0. The molecule has 116 valence electrons. The van der Waals surface area contributed by atoms with E-state index in [-0.39, 0.29) is 5.78 Å². The summed E-state index contributed by atoms with van der Waals surface area (Å²) in [5.41, 5.74) is 3.92. The number of ether oxygens (including phenoxy) is 1. The van der Waals surface area contributed by atoms with Gasteiger partial charge in [0.05, 0.1) is 0 Å². The molecule has 1 aliphatic carbocycles. The average molecular weight is 304 g/mol. The van der Waals surface area contributed by atoms with Crippen molar-refractivity contribution in [1.82, 2.24) is 0 Å². The molecule has 0 unspecified atom stereocenters. The van der Waals surface area contributed by atoms with Crippen molar-refractivity contribution in [2.24, 2.45) is 0 Å². The van der Waals surface area contributed by atoms with Crippen LogP contribution in [0.2, 0.25) is 0 Å². The molecule has 3 rings (SSSR count). The molecule has 0 fully saturated rings. The highest BCUT2D eigenvalue weighted by Gasteiger charge is 2.19. The number of carbonyl (C=O) groups excluding carboxylic acids is 1. The van der Waals surface area contributed by atoms with E-state index in [1.54, 1.807) is 6.08 Å². The van der Waals surface area contributed by atoms with Crippen LogP contribution in [-0.2, 0) is 6.42 Å². The minimum atomic E-state index is 0.157. The van der Waals surface area contributed by atoms with E-state index in [2.05, 4.69) is 12.6 Å². The molecule has 0 amide bonds. The smallest absolute Gasteiger partial charge is 0.189 e. The van der Waals surface area contributed by atoms with E-state index in [0.717, 1.165) is 47.3 Å².